The quantitative estimate of drug-likeness (QED) is 0.935. The lowest BCUT2D eigenvalue weighted by Crippen LogP contribution is -2.52. The Labute approximate surface area is 136 Å². The third kappa shape index (κ3) is 3.67. The van der Waals surface area contributed by atoms with Gasteiger partial charge in [0.25, 0.3) is 0 Å². The van der Waals surface area contributed by atoms with Crippen LogP contribution in [-0.4, -0.2) is 46.3 Å². The molecule has 0 radical (unpaired) electrons. The van der Waals surface area contributed by atoms with Gasteiger partial charge in [0.1, 0.15) is 0 Å². The second kappa shape index (κ2) is 7.42. The molecule has 3 rings (SSSR count). The second-order valence-electron chi connectivity index (χ2n) is 5.45. The summed E-state index contributed by atoms with van der Waals surface area (Å²) >= 11 is 0. The van der Waals surface area contributed by atoms with Crippen molar-refractivity contribution in [1.29, 1.82) is 0 Å². The van der Waals surface area contributed by atoms with Gasteiger partial charge in [0.15, 0.2) is 0 Å². The Morgan fingerprint density at radius 2 is 2.14 bits per heavy atom. The molecule has 1 aromatic carbocycles. The zero-order valence-electron chi connectivity index (χ0n) is 12.6. The van der Waals surface area contributed by atoms with Crippen LogP contribution in [0.2, 0.25) is 0 Å². The number of halogens is 1. The lowest BCUT2D eigenvalue weighted by molar-refractivity contribution is -0.133. The van der Waals surface area contributed by atoms with Gasteiger partial charge in [0, 0.05) is 31.9 Å². The van der Waals surface area contributed by atoms with Gasteiger partial charge in [-0.25, -0.2) is 4.68 Å². The summed E-state index contributed by atoms with van der Waals surface area (Å²) in [6.45, 7) is 4.61. The number of para-hydroxylation sites is 1. The van der Waals surface area contributed by atoms with Crippen molar-refractivity contribution >= 4 is 18.3 Å². The largest absolute Gasteiger partial charge is 0.337 e. The van der Waals surface area contributed by atoms with Gasteiger partial charge in [-0.1, -0.05) is 18.2 Å². The van der Waals surface area contributed by atoms with Crippen LogP contribution in [0.25, 0.3) is 5.69 Å². The number of amides is 1. The third-order valence-corrected chi connectivity index (χ3v) is 3.83. The molecule has 2 aromatic rings. The molecule has 0 unspecified atom stereocenters. The van der Waals surface area contributed by atoms with E-state index in [-0.39, 0.29) is 24.4 Å². The minimum atomic E-state index is 0. The van der Waals surface area contributed by atoms with Gasteiger partial charge >= 0.3 is 0 Å². The van der Waals surface area contributed by atoms with Crippen LogP contribution in [0.1, 0.15) is 12.5 Å². The molecule has 6 heteroatoms. The van der Waals surface area contributed by atoms with Crippen LogP contribution in [0.4, 0.5) is 0 Å². The van der Waals surface area contributed by atoms with Crippen molar-refractivity contribution in [3.05, 3.63) is 48.3 Å². The van der Waals surface area contributed by atoms with Crippen LogP contribution in [0, 0.1) is 0 Å². The van der Waals surface area contributed by atoms with Crippen molar-refractivity contribution in [3.63, 3.8) is 0 Å². The maximum atomic E-state index is 12.4. The van der Waals surface area contributed by atoms with Gasteiger partial charge in [-0.05, 0) is 24.6 Å². The number of piperazine rings is 1. The topological polar surface area (TPSA) is 50.2 Å². The summed E-state index contributed by atoms with van der Waals surface area (Å²) in [5, 5.41) is 7.64. The van der Waals surface area contributed by atoms with Gasteiger partial charge in [0.05, 0.1) is 18.3 Å². The number of carbonyl (C=O) groups excluding carboxylic acids is 1. The summed E-state index contributed by atoms with van der Waals surface area (Å²) in [6.07, 6.45) is 4.12. The summed E-state index contributed by atoms with van der Waals surface area (Å²) in [6, 6.07) is 10.2. The van der Waals surface area contributed by atoms with E-state index in [1.165, 1.54) is 0 Å². The molecule has 118 valence electrons. The second-order valence-corrected chi connectivity index (χ2v) is 5.45. The maximum absolute atomic E-state index is 12.4. The van der Waals surface area contributed by atoms with E-state index in [1.54, 1.807) is 6.20 Å². The average molecular weight is 321 g/mol. The number of nitrogens with zero attached hydrogens (tertiary/aromatic N) is 3. The summed E-state index contributed by atoms with van der Waals surface area (Å²) < 4.78 is 1.81. The molecule has 22 heavy (non-hydrogen) atoms. The van der Waals surface area contributed by atoms with Crippen molar-refractivity contribution in [1.82, 2.24) is 20.0 Å². The lowest BCUT2D eigenvalue weighted by Gasteiger charge is -2.34. The van der Waals surface area contributed by atoms with E-state index in [4.69, 9.17) is 0 Å². The Hall–Kier alpha value is -1.85. The molecule has 1 saturated heterocycles. The van der Waals surface area contributed by atoms with Crippen molar-refractivity contribution in [2.24, 2.45) is 0 Å². The van der Waals surface area contributed by atoms with E-state index in [0.717, 1.165) is 30.9 Å². The maximum Gasteiger partial charge on any atom is 0.227 e. The molecule has 0 aliphatic carbocycles. The third-order valence-electron chi connectivity index (χ3n) is 3.83. The molecule has 1 N–H and O–H groups in total. The van der Waals surface area contributed by atoms with E-state index in [1.807, 2.05) is 46.1 Å². The van der Waals surface area contributed by atoms with Crippen LogP contribution in [0.5, 0.6) is 0 Å². The minimum Gasteiger partial charge on any atom is -0.337 e. The first-order chi connectivity index (χ1) is 10.2. The van der Waals surface area contributed by atoms with Gasteiger partial charge in [0.2, 0.25) is 5.91 Å². The molecule has 1 atom stereocenters. The van der Waals surface area contributed by atoms with Gasteiger partial charge in [-0.3, -0.25) is 4.79 Å². The molecule has 0 saturated carbocycles. The van der Waals surface area contributed by atoms with Gasteiger partial charge in [-0.2, -0.15) is 5.10 Å². The number of aromatic nitrogens is 2. The fourth-order valence-corrected chi connectivity index (χ4v) is 2.66. The number of rotatable bonds is 3. The van der Waals surface area contributed by atoms with Gasteiger partial charge in [-0.15, -0.1) is 12.4 Å². The van der Waals surface area contributed by atoms with E-state index < -0.39 is 0 Å². The fourth-order valence-electron chi connectivity index (χ4n) is 2.66. The number of hydrogen-bond acceptors (Lipinski definition) is 3. The predicted octanol–water partition coefficient (Wildman–Crippen LogP) is 1.66. The Morgan fingerprint density at radius 3 is 2.86 bits per heavy atom. The van der Waals surface area contributed by atoms with Crippen molar-refractivity contribution in [2.45, 2.75) is 19.4 Å². The monoisotopic (exact) mass is 320 g/mol. The predicted molar refractivity (Wildman–Crippen MR) is 88.6 cm³/mol. The molecular formula is C16H21ClN4O. The average Bonchev–Trinajstić information content (AvgIpc) is 2.97. The van der Waals surface area contributed by atoms with Crippen LogP contribution < -0.4 is 5.32 Å². The first-order valence-electron chi connectivity index (χ1n) is 7.33. The standard InChI is InChI=1S/C16H20N4O.ClH/c1-13-10-17-7-8-19(13)16(21)9-14-11-18-20(12-14)15-5-3-2-4-6-15;/h2-6,11-13,17H,7-10H2,1H3;1H/t13-;/m1./s1. The molecule has 0 spiro atoms. The highest BCUT2D eigenvalue weighted by atomic mass is 35.5. The Bertz CT molecular complexity index is 614. The zero-order valence-corrected chi connectivity index (χ0v) is 13.4. The highest BCUT2D eigenvalue weighted by molar-refractivity contribution is 5.85. The summed E-state index contributed by atoms with van der Waals surface area (Å²) in [5.41, 5.74) is 1.96. The van der Waals surface area contributed by atoms with E-state index in [0.29, 0.717) is 6.42 Å². The van der Waals surface area contributed by atoms with Crippen LogP contribution in [0.15, 0.2) is 42.7 Å². The summed E-state index contributed by atoms with van der Waals surface area (Å²) in [5.74, 6) is 0.177. The zero-order chi connectivity index (χ0) is 14.7. The van der Waals surface area contributed by atoms with Crippen molar-refractivity contribution in [2.75, 3.05) is 19.6 Å². The fraction of sp³-hybridized carbons (Fsp3) is 0.375. The summed E-state index contributed by atoms with van der Waals surface area (Å²) in [4.78, 5) is 14.3. The van der Waals surface area contributed by atoms with Gasteiger partial charge < -0.3 is 10.2 Å². The summed E-state index contributed by atoms with van der Waals surface area (Å²) in [7, 11) is 0. The molecular weight excluding hydrogens is 300 g/mol. The first kappa shape index (κ1) is 16.5. The Balaban J connectivity index is 0.00000176. The van der Waals surface area contributed by atoms with Crippen molar-refractivity contribution in [3.8, 4) is 5.69 Å². The minimum absolute atomic E-state index is 0. The van der Waals surface area contributed by atoms with Crippen LogP contribution >= 0.6 is 12.4 Å². The lowest BCUT2D eigenvalue weighted by atomic mass is 10.1. The molecule has 1 aliphatic heterocycles. The number of carbonyl (C=O) groups is 1. The first-order valence-corrected chi connectivity index (χ1v) is 7.33. The van der Waals surface area contributed by atoms with E-state index in [9.17, 15) is 4.79 Å². The molecule has 2 heterocycles. The molecule has 1 aliphatic rings. The molecule has 1 fully saturated rings. The molecule has 5 nitrogen and oxygen atoms in total. The Kier molecular flexibility index (Phi) is 5.57. The van der Waals surface area contributed by atoms with Crippen molar-refractivity contribution < 1.29 is 4.79 Å². The van der Waals surface area contributed by atoms with E-state index in [2.05, 4.69) is 17.3 Å². The van der Waals surface area contributed by atoms with Crippen LogP contribution in [-0.2, 0) is 11.2 Å². The highest BCUT2D eigenvalue weighted by Crippen LogP contribution is 2.11. The molecule has 1 aromatic heterocycles. The normalized spacial score (nSPS) is 17.9. The smallest absolute Gasteiger partial charge is 0.227 e. The van der Waals surface area contributed by atoms with Crippen LogP contribution in [0.3, 0.4) is 0 Å². The number of hydrogen-bond donors (Lipinski definition) is 1. The molecule has 0 bridgehead atoms. The van der Waals surface area contributed by atoms with E-state index >= 15 is 0 Å². The highest BCUT2D eigenvalue weighted by Gasteiger charge is 2.23. The SMILES string of the molecule is C[C@@H]1CNCCN1C(=O)Cc1cnn(-c2ccccc2)c1.Cl. The Morgan fingerprint density at radius 1 is 1.36 bits per heavy atom. The number of benzene rings is 1. The molecule has 1 amide bonds. The number of nitrogens with one attached hydrogen (secondary N) is 1.